The number of nitrogens with zero attached hydrogens (tertiary/aromatic N) is 1. The lowest BCUT2D eigenvalue weighted by atomic mass is 9.94. The van der Waals surface area contributed by atoms with Gasteiger partial charge in [-0.2, -0.15) is 0 Å². The summed E-state index contributed by atoms with van der Waals surface area (Å²) in [6.45, 7) is 1.35. The number of fused-ring (bicyclic) bond motifs is 1. The Morgan fingerprint density at radius 2 is 1.90 bits per heavy atom. The molecule has 0 aromatic heterocycles. The van der Waals surface area contributed by atoms with Crippen LogP contribution in [0.25, 0.3) is 0 Å². The van der Waals surface area contributed by atoms with Crippen molar-refractivity contribution in [3.63, 3.8) is 0 Å². The standard InChI is InChI=1S/C22H29ClN2O4/c23-18-10-8-16(9-11-18)14-24-20(26)13-17-5-2-1-3-7-21(27)29-15-19-6-4-12-25(19)22(17)28/h8-11,17,19H,1-7,12-15H2,(H,24,26)/t17-,19-/m0/s1. The number of amides is 2. The van der Waals surface area contributed by atoms with Gasteiger partial charge in [-0.25, -0.2) is 0 Å². The highest BCUT2D eigenvalue weighted by Gasteiger charge is 2.34. The summed E-state index contributed by atoms with van der Waals surface area (Å²) in [5.41, 5.74) is 0.967. The molecule has 0 unspecified atom stereocenters. The number of hydrogen-bond acceptors (Lipinski definition) is 4. The van der Waals surface area contributed by atoms with Gasteiger partial charge in [-0.05, 0) is 43.4 Å². The highest BCUT2D eigenvalue weighted by Crippen LogP contribution is 2.25. The Morgan fingerprint density at radius 3 is 2.69 bits per heavy atom. The molecule has 158 valence electrons. The maximum absolute atomic E-state index is 13.2. The van der Waals surface area contributed by atoms with Gasteiger partial charge in [0.15, 0.2) is 0 Å². The van der Waals surface area contributed by atoms with E-state index < -0.39 is 0 Å². The number of rotatable bonds is 4. The molecule has 0 radical (unpaired) electrons. The number of carbonyl (C=O) groups excluding carboxylic acids is 3. The molecule has 3 rings (SSSR count). The van der Waals surface area contributed by atoms with Gasteiger partial charge in [0.25, 0.3) is 0 Å². The molecule has 2 heterocycles. The van der Waals surface area contributed by atoms with E-state index >= 15 is 0 Å². The topological polar surface area (TPSA) is 75.7 Å². The van der Waals surface area contributed by atoms with Crippen molar-refractivity contribution in [2.75, 3.05) is 13.2 Å². The fourth-order valence-electron chi connectivity index (χ4n) is 4.04. The van der Waals surface area contributed by atoms with Crippen LogP contribution in [0.15, 0.2) is 24.3 Å². The molecule has 1 aromatic carbocycles. The van der Waals surface area contributed by atoms with Crippen LogP contribution in [0.2, 0.25) is 5.02 Å². The van der Waals surface area contributed by atoms with E-state index in [2.05, 4.69) is 5.32 Å². The minimum atomic E-state index is -0.323. The summed E-state index contributed by atoms with van der Waals surface area (Å²) in [6.07, 6.45) is 5.48. The lowest BCUT2D eigenvalue weighted by Gasteiger charge is -2.29. The molecule has 2 aliphatic heterocycles. The number of esters is 1. The Morgan fingerprint density at radius 1 is 1.10 bits per heavy atom. The van der Waals surface area contributed by atoms with Gasteiger partial charge in [0.2, 0.25) is 11.8 Å². The summed E-state index contributed by atoms with van der Waals surface area (Å²) in [7, 11) is 0. The molecule has 0 saturated carbocycles. The van der Waals surface area contributed by atoms with E-state index in [0.29, 0.717) is 31.0 Å². The van der Waals surface area contributed by atoms with Crippen molar-refractivity contribution in [2.24, 2.45) is 5.92 Å². The molecule has 1 aromatic rings. The van der Waals surface area contributed by atoms with Crippen molar-refractivity contribution in [3.8, 4) is 0 Å². The van der Waals surface area contributed by atoms with Crippen LogP contribution >= 0.6 is 11.6 Å². The molecule has 2 aliphatic rings. The van der Waals surface area contributed by atoms with Crippen LogP contribution in [0.1, 0.15) is 56.9 Å². The third-order valence-electron chi connectivity index (χ3n) is 5.71. The Labute approximate surface area is 176 Å². The van der Waals surface area contributed by atoms with Gasteiger partial charge in [0.05, 0.1) is 6.04 Å². The SMILES string of the molecule is O=C(C[C@@H]1CCCCCC(=O)OC[C@@H]2CCCN2C1=O)NCc1ccc(Cl)cc1. The summed E-state index contributed by atoms with van der Waals surface area (Å²) in [5, 5.41) is 3.57. The largest absolute Gasteiger partial charge is 0.463 e. The first-order valence-corrected chi connectivity index (χ1v) is 10.9. The molecule has 29 heavy (non-hydrogen) atoms. The van der Waals surface area contributed by atoms with Gasteiger partial charge < -0.3 is 15.0 Å². The molecule has 2 amide bonds. The van der Waals surface area contributed by atoms with Gasteiger partial charge in [0.1, 0.15) is 6.61 Å². The normalized spacial score (nSPS) is 23.6. The molecule has 1 N–H and O–H groups in total. The Kier molecular flexibility index (Phi) is 7.92. The van der Waals surface area contributed by atoms with Crippen molar-refractivity contribution < 1.29 is 19.1 Å². The van der Waals surface area contributed by atoms with E-state index in [9.17, 15) is 14.4 Å². The highest BCUT2D eigenvalue weighted by atomic mass is 35.5. The lowest BCUT2D eigenvalue weighted by Crippen LogP contribution is -2.43. The number of halogens is 1. The number of ether oxygens (including phenoxy) is 1. The summed E-state index contributed by atoms with van der Waals surface area (Å²) in [6, 6.07) is 7.27. The van der Waals surface area contributed by atoms with Crippen LogP contribution in [-0.2, 0) is 25.7 Å². The van der Waals surface area contributed by atoms with E-state index in [4.69, 9.17) is 16.3 Å². The molecule has 0 spiro atoms. The number of nitrogens with one attached hydrogen (secondary N) is 1. The van der Waals surface area contributed by atoms with Gasteiger partial charge >= 0.3 is 5.97 Å². The minimum absolute atomic E-state index is 0.0192. The van der Waals surface area contributed by atoms with E-state index in [0.717, 1.165) is 37.7 Å². The number of benzene rings is 1. The molecule has 6 nitrogen and oxygen atoms in total. The molecular formula is C22H29ClN2O4. The fourth-order valence-corrected chi connectivity index (χ4v) is 4.17. The number of cyclic esters (lactones) is 1. The number of carbonyl (C=O) groups is 3. The van der Waals surface area contributed by atoms with E-state index in [-0.39, 0.29) is 42.8 Å². The fraction of sp³-hybridized carbons (Fsp3) is 0.591. The smallest absolute Gasteiger partial charge is 0.305 e. The molecule has 0 bridgehead atoms. The molecule has 0 aliphatic carbocycles. The molecule has 2 saturated heterocycles. The first-order valence-electron chi connectivity index (χ1n) is 10.5. The first-order chi connectivity index (χ1) is 14.0. The third kappa shape index (κ3) is 6.46. The minimum Gasteiger partial charge on any atom is -0.463 e. The van der Waals surface area contributed by atoms with Crippen molar-refractivity contribution >= 4 is 29.4 Å². The molecular weight excluding hydrogens is 392 g/mol. The van der Waals surface area contributed by atoms with Crippen LogP contribution < -0.4 is 5.32 Å². The second-order valence-corrected chi connectivity index (χ2v) is 8.35. The number of hydrogen-bond donors (Lipinski definition) is 1. The zero-order chi connectivity index (χ0) is 20.6. The summed E-state index contributed by atoms with van der Waals surface area (Å²) in [4.78, 5) is 39.3. The van der Waals surface area contributed by atoms with Crippen LogP contribution in [0.4, 0.5) is 0 Å². The average Bonchev–Trinajstić information content (AvgIpc) is 3.18. The van der Waals surface area contributed by atoms with E-state index in [1.807, 2.05) is 17.0 Å². The van der Waals surface area contributed by atoms with Crippen LogP contribution in [0.5, 0.6) is 0 Å². The molecule has 2 fully saturated rings. The van der Waals surface area contributed by atoms with E-state index in [1.54, 1.807) is 12.1 Å². The van der Waals surface area contributed by atoms with Crippen LogP contribution in [-0.4, -0.2) is 41.9 Å². The van der Waals surface area contributed by atoms with Crippen molar-refractivity contribution in [1.29, 1.82) is 0 Å². The second kappa shape index (κ2) is 10.6. The van der Waals surface area contributed by atoms with Crippen molar-refractivity contribution in [3.05, 3.63) is 34.9 Å². The zero-order valence-electron chi connectivity index (χ0n) is 16.7. The zero-order valence-corrected chi connectivity index (χ0v) is 17.5. The maximum Gasteiger partial charge on any atom is 0.305 e. The molecule has 7 heteroatoms. The van der Waals surface area contributed by atoms with E-state index in [1.165, 1.54) is 0 Å². The maximum atomic E-state index is 13.2. The lowest BCUT2D eigenvalue weighted by molar-refractivity contribution is -0.149. The predicted molar refractivity (Wildman–Crippen MR) is 110 cm³/mol. The highest BCUT2D eigenvalue weighted by molar-refractivity contribution is 6.30. The average molecular weight is 421 g/mol. The van der Waals surface area contributed by atoms with Crippen molar-refractivity contribution in [1.82, 2.24) is 10.2 Å². The predicted octanol–water partition coefficient (Wildman–Crippen LogP) is 3.46. The summed E-state index contributed by atoms with van der Waals surface area (Å²) >= 11 is 5.89. The Hall–Kier alpha value is -2.08. The van der Waals surface area contributed by atoms with Gasteiger partial charge in [0, 0.05) is 36.9 Å². The van der Waals surface area contributed by atoms with Gasteiger partial charge in [-0.15, -0.1) is 0 Å². The van der Waals surface area contributed by atoms with Crippen LogP contribution in [0, 0.1) is 5.92 Å². The van der Waals surface area contributed by atoms with Gasteiger partial charge in [-0.1, -0.05) is 36.6 Å². The summed E-state index contributed by atoms with van der Waals surface area (Å²) < 4.78 is 5.37. The quantitative estimate of drug-likeness (QED) is 0.757. The first kappa shape index (κ1) is 21.6. The third-order valence-corrected chi connectivity index (χ3v) is 5.97. The summed E-state index contributed by atoms with van der Waals surface area (Å²) in [5.74, 6) is -0.600. The Balaban J connectivity index is 1.60. The monoisotopic (exact) mass is 420 g/mol. The Bertz CT molecular complexity index is 722. The van der Waals surface area contributed by atoms with Gasteiger partial charge in [-0.3, -0.25) is 14.4 Å². The van der Waals surface area contributed by atoms with Crippen molar-refractivity contribution in [2.45, 2.75) is 64.0 Å². The molecule has 2 atom stereocenters. The van der Waals surface area contributed by atoms with Crippen LogP contribution in [0.3, 0.4) is 0 Å². The second-order valence-electron chi connectivity index (χ2n) is 7.91.